The fraction of sp³-hybridized carbons (Fsp3) is 0.438. The van der Waals surface area contributed by atoms with Gasteiger partial charge in [0.25, 0.3) is 5.91 Å². The van der Waals surface area contributed by atoms with Crippen molar-refractivity contribution in [2.75, 3.05) is 6.54 Å². The van der Waals surface area contributed by atoms with Crippen LogP contribution in [0.4, 0.5) is 8.78 Å². The molecular weight excluding hydrogens is 320 g/mol. The Morgan fingerprint density at radius 2 is 2.12 bits per heavy atom. The molecule has 2 N–H and O–H groups in total. The zero-order chi connectivity index (χ0) is 17.4. The van der Waals surface area contributed by atoms with E-state index >= 15 is 0 Å². The minimum absolute atomic E-state index is 0.177. The average Bonchev–Trinajstić information content (AvgIpc) is 2.97. The lowest BCUT2D eigenvalue weighted by molar-refractivity contribution is -0.147. The molecule has 24 heavy (non-hydrogen) atoms. The minimum atomic E-state index is -0.829. The van der Waals surface area contributed by atoms with Gasteiger partial charge in [-0.1, -0.05) is 6.92 Å². The van der Waals surface area contributed by atoms with Gasteiger partial charge in [-0.05, 0) is 31.0 Å². The van der Waals surface area contributed by atoms with Crippen LogP contribution in [-0.2, 0) is 9.59 Å². The van der Waals surface area contributed by atoms with E-state index in [9.17, 15) is 23.2 Å². The number of fused-ring (bicyclic) bond motifs is 1. The maximum Gasteiger partial charge on any atom is 0.254 e. The van der Waals surface area contributed by atoms with E-state index < -0.39 is 41.2 Å². The van der Waals surface area contributed by atoms with Gasteiger partial charge in [-0.25, -0.2) is 8.78 Å². The van der Waals surface area contributed by atoms with Crippen LogP contribution in [0.15, 0.2) is 18.2 Å². The van der Waals surface area contributed by atoms with Gasteiger partial charge in [0.15, 0.2) is 0 Å². The molecular formula is C16H17F2N3O3. The SMILES string of the molecule is CC[C@@H]1NC(=O)[C@@H]2C[C@H](NC(=O)c3cc(F)ccc3F)CN2C1=O. The number of halogens is 2. The molecule has 2 aliphatic rings. The molecule has 128 valence electrons. The van der Waals surface area contributed by atoms with E-state index in [0.717, 1.165) is 18.2 Å². The summed E-state index contributed by atoms with van der Waals surface area (Å²) in [5.41, 5.74) is -0.401. The molecule has 2 fully saturated rings. The van der Waals surface area contributed by atoms with Crippen molar-refractivity contribution in [1.29, 1.82) is 0 Å². The summed E-state index contributed by atoms with van der Waals surface area (Å²) >= 11 is 0. The van der Waals surface area contributed by atoms with Crippen molar-refractivity contribution in [2.45, 2.75) is 37.9 Å². The van der Waals surface area contributed by atoms with Crippen LogP contribution in [0, 0.1) is 11.6 Å². The highest BCUT2D eigenvalue weighted by molar-refractivity contribution is 5.98. The van der Waals surface area contributed by atoms with Gasteiger partial charge >= 0.3 is 0 Å². The molecule has 2 heterocycles. The number of hydrogen-bond acceptors (Lipinski definition) is 3. The number of carbonyl (C=O) groups is 3. The third-order valence-corrected chi connectivity index (χ3v) is 4.42. The third-order valence-electron chi connectivity index (χ3n) is 4.42. The Kier molecular flexibility index (Phi) is 4.21. The van der Waals surface area contributed by atoms with E-state index in [2.05, 4.69) is 10.6 Å². The van der Waals surface area contributed by atoms with Gasteiger partial charge in [0, 0.05) is 12.6 Å². The predicted molar refractivity (Wildman–Crippen MR) is 80.0 cm³/mol. The highest BCUT2D eigenvalue weighted by Gasteiger charge is 2.46. The van der Waals surface area contributed by atoms with E-state index in [1.54, 1.807) is 6.92 Å². The molecule has 6 nitrogen and oxygen atoms in total. The van der Waals surface area contributed by atoms with Crippen LogP contribution < -0.4 is 10.6 Å². The molecule has 2 aliphatic heterocycles. The van der Waals surface area contributed by atoms with Crippen LogP contribution in [0.1, 0.15) is 30.1 Å². The van der Waals surface area contributed by atoms with E-state index in [0.29, 0.717) is 6.42 Å². The molecule has 0 radical (unpaired) electrons. The zero-order valence-electron chi connectivity index (χ0n) is 13.0. The number of carbonyl (C=O) groups excluding carboxylic acids is 3. The molecule has 3 atom stereocenters. The molecule has 1 aromatic carbocycles. The van der Waals surface area contributed by atoms with E-state index in [4.69, 9.17) is 0 Å². The van der Waals surface area contributed by atoms with Crippen molar-refractivity contribution in [2.24, 2.45) is 0 Å². The molecule has 0 saturated carbocycles. The van der Waals surface area contributed by atoms with Crippen LogP contribution >= 0.6 is 0 Å². The Labute approximate surface area is 137 Å². The van der Waals surface area contributed by atoms with E-state index in [1.807, 2.05) is 0 Å². The lowest BCUT2D eigenvalue weighted by atomic mass is 10.1. The Morgan fingerprint density at radius 1 is 1.38 bits per heavy atom. The highest BCUT2D eigenvalue weighted by atomic mass is 19.1. The number of nitrogens with zero attached hydrogens (tertiary/aromatic N) is 1. The lowest BCUT2D eigenvalue weighted by Gasteiger charge is -2.33. The molecule has 8 heteroatoms. The fourth-order valence-electron chi connectivity index (χ4n) is 3.17. The first-order valence-corrected chi connectivity index (χ1v) is 7.77. The van der Waals surface area contributed by atoms with Crippen molar-refractivity contribution < 1.29 is 23.2 Å². The minimum Gasteiger partial charge on any atom is -0.347 e. The van der Waals surface area contributed by atoms with E-state index in [-0.39, 0.29) is 24.8 Å². The topological polar surface area (TPSA) is 78.5 Å². The summed E-state index contributed by atoms with van der Waals surface area (Å²) in [6.45, 7) is 1.97. The van der Waals surface area contributed by atoms with Crippen molar-refractivity contribution in [3.63, 3.8) is 0 Å². The number of piperazine rings is 1. The van der Waals surface area contributed by atoms with Crippen LogP contribution in [0.2, 0.25) is 0 Å². The highest BCUT2D eigenvalue weighted by Crippen LogP contribution is 2.24. The quantitative estimate of drug-likeness (QED) is 0.847. The summed E-state index contributed by atoms with van der Waals surface area (Å²) in [4.78, 5) is 37.9. The number of hydrogen-bond donors (Lipinski definition) is 2. The van der Waals surface area contributed by atoms with Gasteiger partial charge in [-0.3, -0.25) is 14.4 Å². The largest absolute Gasteiger partial charge is 0.347 e. The van der Waals surface area contributed by atoms with Gasteiger partial charge < -0.3 is 15.5 Å². The number of benzene rings is 1. The van der Waals surface area contributed by atoms with Gasteiger partial charge in [0.1, 0.15) is 23.7 Å². The second-order valence-corrected chi connectivity index (χ2v) is 6.01. The molecule has 0 bridgehead atoms. The molecule has 0 aliphatic carbocycles. The van der Waals surface area contributed by atoms with Crippen molar-refractivity contribution in [3.05, 3.63) is 35.4 Å². The Hall–Kier alpha value is -2.51. The molecule has 0 unspecified atom stereocenters. The Morgan fingerprint density at radius 3 is 2.83 bits per heavy atom. The molecule has 2 saturated heterocycles. The predicted octanol–water partition coefficient (Wildman–Crippen LogP) is 0.572. The summed E-state index contributed by atoms with van der Waals surface area (Å²) in [6, 6.07) is 0.945. The summed E-state index contributed by atoms with van der Waals surface area (Å²) in [5, 5.41) is 5.23. The van der Waals surface area contributed by atoms with E-state index in [1.165, 1.54) is 4.90 Å². The normalized spacial score (nSPS) is 26.1. The Balaban J connectivity index is 1.72. The van der Waals surface area contributed by atoms with Crippen LogP contribution in [0.25, 0.3) is 0 Å². The van der Waals surface area contributed by atoms with Gasteiger partial charge in [0.2, 0.25) is 11.8 Å². The smallest absolute Gasteiger partial charge is 0.254 e. The fourth-order valence-corrected chi connectivity index (χ4v) is 3.17. The third kappa shape index (κ3) is 2.83. The lowest BCUT2D eigenvalue weighted by Crippen LogP contribution is -2.60. The summed E-state index contributed by atoms with van der Waals surface area (Å²) in [5.74, 6) is -2.75. The van der Waals surface area contributed by atoms with Crippen molar-refractivity contribution >= 4 is 17.7 Å². The van der Waals surface area contributed by atoms with Crippen LogP contribution in [0.5, 0.6) is 0 Å². The molecule has 0 aromatic heterocycles. The van der Waals surface area contributed by atoms with Crippen molar-refractivity contribution in [1.82, 2.24) is 15.5 Å². The number of rotatable bonds is 3. The first-order valence-electron chi connectivity index (χ1n) is 7.77. The first-order chi connectivity index (χ1) is 11.4. The summed E-state index contributed by atoms with van der Waals surface area (Å²) in [6.07, 6.45) is 0.732. The maximum atomic E-state index is 13.7. The standard InChI is InChI=1S/C16H17F2N3O3/c1-2-12-16(24)21-7-9(6-13(21)15(23)20-12)19-14(22)10-5-8(17)3-4-11(10)18/h3-5,9,12-13H,2,6-7H2,1H3,(H,19,22)(H,20,23)/t9-,12-,13-/m0/s1. The number of amides is 3. The molecule has 1 aromatic rings. The molecule has 3 rings (SSSR count). The number of nitrogens with one attached hydrogen (secondary N) is 2. The summed E-state index contributed by atoms with van der Waals surface area (Å²) < 4.78 is 26.8. The van der Waals surface area contributed by atoms with Gasteiger partial charge in [0.05, 0.1) is 5.56 Å². The van der Waals surface area contributed by atoms with Crippen LogP contribution in [-0.4, -0.2) is 47.3 Å². The summed E-state index contributed by atoms with van der Waals surface area (Å²) in [7, 11) is 0. The molecule has 0 spiro atoms. The Bertz CT molecular complexity index is 710. The van der Waals surface area contributed by atoms with Gasteiger partial charge in [-0.2, -0.15) is 0 Å². The second kappa shape index (κ2) is 6.18. The second-order valence-electron chi connectivity index (χ2n) is 6.01. The van der Waals surface area contributed by atoms with Crippen LogP contribution in [0.3, 0.4) is 0 Å². The van der Waals surface area contributed by atoms with Crippen molar-refractivity contribution in [3.8, 4) is 0 Å². The molecule has 3 amide bonds. The zero-order valence-corrected chi connectivity index (χ0v) is 13.0. The monoisotopic (exact) mass is 337 g/mol. The first kappa shape index (κ1) is 16.4. The average molecular weight is 337 g/mol. The maximum absolute atomic E-state index is 13.7. The van der Waals surface area contributed by atoms with Gasteiger partial charge in [-0.15, -0.1) is 0 Å².